The molecular formula is C16H18N3O3S2+. The molecule has 0 amide bonds. The van der Waals surface area contributed by atoms with Crippen LogP contribution in [0.15, 0.2) is 39.6 Å². The minimum atomic E-state index is -0.673. The molecule has 3 rings (SSSR count). The van der Waals surface area contributed by atoms with Gasteiger partial charge in [-0.2, -0.15) is 0 Å². The third-order valence-corrected chi connectivity index (χ3v) is 5.39. The molecule has 1 N–H and O–H groups in total. The number of carbonyl (C=O) groups excluding carboxylic acids is 1. The lowest BCUT2D eigenvalue weighted by Gasteiger charge is -2.28. The first-order valence-electron chi connectivity index (χ1n) is 7.80. The second-order valence-electron chi connectivity index (χ2n) is 5.53. The van der Waals surface area contributed by atoms with E-state index in [1.807, 2.05) is 18.2 Å². The Morgan fingerprint density at radius 3 is 2.67 bits per heavy atom. The Morgan fingerprint density at radius 1 is 1.25 bits per heavy atom. The summed E-state index contributed by atoms with van der Waals surface area (Å²) in [4.78, 5) is 26.5. The number of ketones is 1. The van der Waals surface area contributed by atoms with Crippen LogP contribution in [0.2, 0.25) is 0 Å². The van der Waals surface area contributed by atoms with E-state index in [4.69, 9.17) is 16.7 Å². The summed E-state index contributed by atoms with van der Waals surface area (Å²) in [6.45, 7) is 1.88. The Balaban J connectivity index is 1.70. The summed E-state index contributed by atoms with van der Waals surface area (Å²) in [7, 11) is 0. The topological polar surface area (TPSA) is 70.2 Å². The van der Waals surface area contributed by atoms with Crippen LogP contribution in [0, 0.1) is 0 Å². The molecule has 8 heteroatoms. The smallest absolute Gasteiger partial charge is 0.358 e. The summed E-state index contributed by atoms with van der Waals surface area (Å²) in [6, 6.07) is 9.07. The number of aromatic amines is 1. The van der Waals surface area contributed by atoms with Gasteiger partial charge in [0.2, 0.25) is 11.5 Å². The zero-order valence-corrected chi connectivity index (χ0v) is 14.7. The number of thioether (sulfide) groups is 1. The maximum absolute atomic E-state index is 12.5. The number of H-pyrrole nitrogens is 1. The lowest BCUT2D eigenvalue weighted by atomic mass is 10.1. The van der Waals surface area contributed by atoms with Gasteiger partial charge in [0.1, 0.15) is 4.32 Å². The number of hydrogen-bond donors (Lipinski definition) is 1. The molecule has 1 aliphatic heterocycles. The highest BCUT2D eigenvalue weighted by atomic mass is 32.2. The number of rotatable bonds is 4. The molecule has 0 radical (unpaired) electrons. The van der Waals surface area contributed by atoms with E-state index < -0.39 is 5.63 Å². The number of Topliss-reactive ketones (excluding diaryl/α,β-unsaturated/α-hetero) is 1. The maximum atomic E-state index is 12.5. The second-order valence-corrected chi connectivity index (χ2v) is 7.14. The van der Waals surface area contributed by atoms with Crippen molar-refractivity contribution in [2.75, 3.05) is 18.8 Å². The molecule has 2 heterocycles. The SMILES string of the molecule is O=C(CSC(=S)N1CCCCC1)c1c(=O)o[nH][n+]1-c1ccccc1. The Morgan fingerprint density at radius 2 is 1.96 bits per heavy atom. The average molecular weight is 364 g/mol. The number of para-hydroxylation sites is 1. The van der Waals surface area contributed by atoms with Crippen LogP contribution in [-0.2, 0) is 0 Å². The van der Waals surface area contributed by atoms with Gasteiger partial charge in [-0.05, 0) is 29.2 Å². The summed E-state index contributed by atoms with van der Waals surface area (Å²) in [6.07, 6.45) is 3.48. The van der Waals surface area contributed by atoms with Crippen LogP contribution in [0.4, 0.5) is 0 Å². The van der Waals surface area contributed by atoms with Crippen LogP contribution in [0.1, 0.15) is 29.8 Å². The number of carbonyl (C=O) groups is 1. The van der Waals surface area contributed by atoms with E-state index in [-0.39, 0.29) is 17.2 Å². The van der Waals surface area contributed by atoms with Crippen molar-refractivity contribution in [1.82, 2.24) is 10.2 Å². The number of aromatic nitrogens is 2. The van der Waals surface area contributed by atoms with Gasteiger partial charge in [0, 0.05) is 25.2 Å². The van der Waals surface area contributed by atoms with Crippen LogP contribution >= 0.6 is 24.0 Å². The molecule has 2 aromatic rings. The first-order chi connectivity index (χ1) is 11.7. The van der Waals surface area contributed by atoms with Gasteiger partial charge in [-0.25, -0.2) is 4.79 Å². The summed E-state index contributed by atoms with van der Waals surface area (Å²) in [5.74, 6) is -0.191. The summed E-state index contributed by atoms with van der Waals surface area (Å²) < 4.78 is 6.89. The Hall–Kier alpha value is -1.93. The standard InChI is InChI=1S/C16H17N3O3S2/c20-13(11-24-16(23)18-9-5-2-6-10-18)14-15(21)22-17-19(14)12-7-3-1-4-8-12/h1,3-4,7-8H,2,5-6,9-11H2/p+1. The molecule has 1 aromatic heterocycles. The van der Waals surface area contributed by atoms with Crippen molar-refractivity contribution < 1.29 is 14.0 Å². The fourth-order valence-electron chi connectivity index (χ4n) is 2.63. The zero-order chi connectivity index (χ0) is 16.9. The molecule has 6 nitrogen and oxygen atoms in total. The van der Waals surface area contributed by atoms with Crippen molar-refractivity contribution in [2.24, 2.45) is 0 Å². The summed E-state index contributed by atoms with van der Waals surface area (Å²) in [5.41, 5.74) is -0.0289. The number of benzene rings is 1. The Bertz CT molecular complexity index is 779. The lowest BCUT2D eigenvalue weighted by molar-refractivity contribution is -0.672. The van der Waals surface area contributed by atoms with E-state index in [9.17, 15) is 9.59 Å². The highest BCUT2D eigenvalue weighted by Gasteiger charge is 2.30. The first-order valence-corrected chi connectivity index (χ1v) is 9.20. The molecule has 0 aliphatic carbocycles. The van der Waals surface area contributed by atoms with Crippen LogP contribution < -0.4 is 10.3 Å². The predicted molar refractivity (Wildman–Crippen MR) is 95.7 cm³/mol. The maximum Gasteiger partial charge on any atom is 0.438 e. The quantitative estimate of drug-likeness (QED) is 0.508. The largest absolute Gasteiger partial charge is 0.438 e. The van der Waals surface area contributed by atoms with Gasteiger partial charge in [-0.3, -0.25) is 9.32 Å². The number of nitrogens with zero attached hydrogens (tertiary/aromatic N) is 2. The Kier molecular flexibility index (Phi) is 5.47. The van der Waals surface area contributed by atoms with Crippen molar-refractivity contribution in [3.8, 4) is 5.69 Å². The van der Waals surface area contributed by atoms with E-state index in [0.29, 0.717) is 10.0 Å². The minimum absolute atomic E-state index is 0.0184. The second kappa shape index (κ2) is 7.76. The number of piperidine rings is 1. The number of thiocarbonyl (C=S) groups is 1. The predicted octanol–water partition coefficient (Wildman–Crippen LogP) is 1.93. The third-order valence-electron chi connectivity index (χ3n) is 3.87. The third kappa shape index (κ3) is 3.76. The minimum Gasteiger partial charge on any atom is -0.358 e. The Labute approximate surface area is 148 Å². The fraction of sp³-hybridized carbons (Fsp3) is 0.375. The fourth-order valence-corrected chi connectivity index (χ4v) is 3.75. The van der Waals surface area contributed by atoms with Crippen molar-refractivity contribution in [3.05, 3.63) is 46.4 Å². The molecule has 0 spiro atoms. The van der Waals surface area contributed by atoms with Crippen LogP contribution in [-0.4, -0.2) is 39.1 Å². The van der Waals surface area contributed by atoms with E-state index in [1.165, 1.54) is 22.9 Å². The normalized spacial score (nSPS) is 14.6. The van der Waals surface area contributed by atoms with Crippen molar-refractivity contribution in [1.29, 1.82) is 0 Å². The van der Waals surface area contributed by atoms with Crippen molar-refractivity contribution in [3.63, 3.8) is 0 Å². The van der Waals surface area contributed by atoms with Gasteiger partial charge in [-0.15, -0.1) is 0 Å². The van der Waals surface area contributed by atoms with Gasteiger partial charge in [-0.1, -0.05) is 42.2 Å². The highest BCUT2D eigenvalue weighted by molar-refractivity contribution is 8.23. The molecule has 0 atom stereocenters. The highest BCUT2D eigenvalue weighted by Crippen LogP contribution is 2.16. The molecule has 24 heavy (non-hydrogen) atoms. The number of likely N-dealkylation sites (tertiary alicyclic amines) is 1. The molecule has 1 aromatic carbocycles. The van der Waals surface area contributed by atoms with Gasteiger partial charge in [0.25, 0.3) is 0 Å². The summed E-state index contributed by atoms with van der Waals surface area (Å²) in [5, 5.41) is 2.48. The van der Waals surface area contributed by atoms with E-state index in [0.717, 1.165) is 25.9 Å². The lowest BCUT2D eigenvalue weighted by Crippen LogP contribution is -2.41. The zero-order valence-electron chi connectivity index (χ0n) is 13.1. The molecule has 0 bridgehead atoms. The molecular weight excluding hydrogens is 346 g/mol. The van der Waals surface area contributed by atoms with Crippen LogP contribution in [0.3, 0.4) is 0 Å². The van der Waals surface area contributed by atoms with E-state index in [1.54, 1.807) is 12.1 Å². The van der Waals surface area contributed by atoms with Gasteiger partial charge in [0.15, 0.2) is 0 Å². The molecule has 1 aliphatic rings. The van der Waals surface area contributed by atoms with Gasteiger partial charge < -0.3 is 4.90 Å². The monoisotopic (exact) mass is 364 g/mol. The van der Waals surface area contributed by atoms with E-state index in [2.05, 4.69) is 10.2 Å². The average Bonchev–Trinajstić information content (AvgIpc) is 3.02. The molecule has 1 fully saturated rings. The van der Waals surface area contributed by atoms with Crippen LogP contribution in [0.25, 0.3) is 5.69 Å². The van der Waals surface area contributed by atoms with Gasteiger partial charge >= 0.3 is 11.3 Å². The van der Waals surface area contributed by atoms with Crippen molar-refractivity contribution in [2.45, 2.75) is 19.3 Å². The van der Waals surface area contributed by atoms with Crippen molar-refractivity contribution >= 4 is 34.1 Å². The molecule has 126 valence electrons. The number of nitrogens with one attached hydrogen (secondary N) is 1. The molecule has 1 saturated heterocycles. The summed E-state index contributed by atoms with van der Waals surface area (Å²) >= 11 is 6.70. The first kappa shape index (κ1) is 16.9. The van der Waals surface area contributed by atoms with E-state index >= 15 is 0 Å². The molecule has 0 unspecified atom stereocenters. The molecule has 0 saturated carbocycles. The van der Waals surface area contributed by atoms with Gasteiger partial charge in [0.05, 0.1) is 5.75 Å². The van der Waals surface area contributed by atoms with Crippen LogP contribution in [0.5, 0.6) is 0 Å². The number of hydrogen-bond acceptors (Lipinski definition) is 5.